The van der Waals surface area contributed by atoms with Crippen molar-refractivity contribution < 1.29 is 4.79 Å². The van der Waals surface area contributed by atoms with Gasteiger partial charge in [0.05, 0.1) is 16.6 Å². The van der Waals surface area contributed by atoms with Crippen LogP contribution in [-0.4, -0.2) is 51.8 Å². The highest BCUT2D eigenvalue weighted by atomic mass is 16.1. The molecule has 4 rings (SSSR count). The summed E-state index contributed by atoms with van der Waals surface area (Å²) in [6, 6.07) is 2.11. The Morgan fingerprint density at radius 1 is 1.21 bits per heavy atom. The molecule has 0 aromatic carbocycles. The van der Waals surface area contributed by atoms with Crippen LogP contribution >= 0.6 is 0 Å². The number of amides is 1. The fourth-order valence-corrected chi connectivity index (χ4v) is 4.50. The number of likely N-dealkylation sites (tertiary alicyclic amines) is 1. The zero-order chi connectivity index (χ0) is 19.9. The van der Waals surface area contributed by atoms with Gasteiger partial charge >= 0.3 is 0 Å². The molecular formula is C22H33N5O. The van der Waals surface area contributed by atoms with Crippen molar-refractivity contribution in [3.63, 3.8) is 0 Å². The first-order valence-corrected chi connectivity index (χ1v) is 10.8. The van der Waals surface area contributed by atoms with E-state index in [9.17, 15) is 4.79 Å². The van der Waals surface area contributed by atoms with Crippen LogP contribution in [0.15, 0.2) is 6.07 Å². The molecule has 0 bridgehead atoms. The molecule has 0 spiro atoms. The summed E-state index contributed by atoms with van der Waals surface area (Å²) in [7, 11) is 0. The summed E-state index contributed by atoms with van der Waals surface area (Å²) in [6.07, 6.45) is 6.43. The van der Waals surface area contributed by atoms with Crippen LogP contribution < -0.4 is 5.32 Å². The molecule has 2 fully saturated rings. The minimum absolute atomic E-state index is 0.00632. The van der Waals surface area contributed by atoms with E-state index in [1.165, 1.54) is 45.2 Å². The first kappa shape index (κ1) is 19.4. The Kier molecular flexibility index (Phi) is 5.17. The van der Waals surface area contributed by atoms with Crippen molar-refractivity contribution in [2.75, 3.05) is 26.2 Å². The Balaban J connectivity index is 1.51. The Hall–Kier alpha value is -1.95. The Morgan fingerprint density at radius 3 is 2.57 bits per heavy atom. The van der Waals surface area contributed by atoms with Gasteiger partial charge in [0.1, 0.15) is 0 Å². The normalized spacial score (nSPS) is 19.3. The second kappa shape index (κ2) is 7.47. The topological polar surface area (TPSA) is 63.1 Å². The fraction of sp³-hybridized carbons (Fsp3) is 0.682. The van der Waals surface area contributed by atoms with Crippen molar-refractivity contribution in [2.45, 2.75) is 65.8 Å². The molecule has 1 aliphatic carbocycles. The van der Waals surface area contributed by atoms with Crippen molar-refractivity contribution in [2.24, 2.45) is 5.41 Å². The van der Waals surface area contributed by atoms with Gasteiger partial charge in [0, 0.05) is 30.2 Å². The number of nitrogens with zero attached hydrogens (tertiary/aromatic N) is 4. The number of pyridine rings is 1. The number of piperidine rings is 1. The lowest BCUT2D eigenvalue weighted by molar-refractivity contribution is 0.0937. The third-order valence-electron chi connectivity index (χ3n) is 6.29. The second-order valence-corrected chi connectivity index (χ2v) is 9.15. The largest absolute Gasteiger partial charge is 0.351 e. The van der Waals surface area contributed by atoms with Gasteiger partial charge in [0.15, 0.2) is 5.65 Å². The molecule has 2 aliphatic rings. The number of aromatic nitrogens is 3. The maximum Gasteiger partial charge on any atom is 0.252 e. The number of aryl methyl sites for hydroxylation is 2. The number of hydrogen-bond donors (Lipinski definition) is 1. The maximum absolute atomic E-state index is 13.1. The Labute approximate surface area is 167 Å². The predicted octanol–water partition coefficient (Wildman–Crippen LogP) is 3.62. The first-order chi connectivity index (χ1) is 13.4. The van der Waals surface area contributed by atoms with E-state index in [1.807, 2.05) is 24.6 Å². The molecule has 2 aromatic heterocycles. The first-order valence-electron chi connectivity index (χ1n) is 10.8. The summed E-state index contributed by atoms with van der Waals surface area (Å²) >= 11 is 0. The number of carbonyl (C=O) groups excluding carboxylic acids is 1. The summed E-state index contributed by atoms with van der Waals surface area (Å²) in [5.74, 6) is 0.00632. The van der Waals surface area contributed by atoms with Crippen molar-refractivity contribution in [3.05, 3.63) is 23.0 Å². The third kappa shape index (κ3) is 3.79. The van der Waals surface area contributed by atoms with E-state index in [4.69, 9.17) is 0 Å². The van der Waals surface area contributed by atoms with Gasteiger partial charge in [-0.05, 0) is 72.5 Å². The second-order valence-electron chi connectivity index (χ2n) is 9.15. The minimum atomic E-state index is 0.00632. The summed E-state index contributed by atoms with van der Waals surface area (Å²) in [6.45, 7) is 12.4. The van der Waals surface area contributed by atoms with Crippen LogP contribution in [0.4, 0.5) is 0 Å². The average molecular weight is 384 g/mol. The lowest BCUT2D eigenvalue weighted by Gasteiger charge is -2.30. The van der Waals surface area contributed by atoms with E-state index >= 15 is 0 Å². The van der Waals surface area contributed by atoms with Gasteiger partial charge in [-0.15, -0.1) is 0 Å². The molecular weight excluding hydrogens is 350 g/mol. The van der Waals surface area contributed by atoms with Crippen molar-refractivity contribution in [3.8, 4) is 0 Å². The van der Waals surface area contributed by atoms with Gasteiger partial charge < -0.3 is 10.2 Å². The monoisotopic (exact) mass is 383 g/mol. The molecule has 1 aliphatic heterocycles. The van der Waals surface area contributed by atoms with Crippen molar-refractivity contribution >= 4 is 16.9 Å². The van der Waals surface area contributed by atoms with E-state index in [2.05, 4.69) is 34.1 Å². The molecule has 1 amide bonds. The smallest absolute Gasteiger partial charge is 0.252 e. The van der Waals surface area contributed by atoms with Gasteiger partial charge in [0.25, 0.3) is 5.91 Å². The van der Waals surface area contributed by atoms with Gasteiger partial charge in [-0.25, -0.2) is 9.67 Å². The molecule has 0 atom stereocenters. The molecule has 1 saturated carbocycles. The summed E-state index contributed by atoms with van der Waals surface area (Å²) < 4.78 is 1.92. The van der Waals surface area contributed by atoms with Gasteiger partial charge in [-0.2, -0.15) is 5.10 Å². The van der Waals surface area contributed by atoms with E-state index < -0.39 is 0 Å². The van der Waals surface area contributed by atoms with Crippen LogP contribution in [-0.2, 0) is 0 Å². The molecule has 0 radical (unpaired) electrons. The quantitative estimate of drug-likeness (QED) is 0.827. The molecule has 2 aromatic rings. The number of nitrogens with one attached hydrogen (secondary N) is 1. The maximum atomic E-state index is 13.1. The predicted molar refractivity (Wildman–Crippen MR) is 112 cm³/mol. The average Bonchev–Trinajstić information content (AvgIpc) is 3.35. The van der Waals surface area contributed by atoms with Crippen LogP contribution in [0.5, 0.6) is 0 Å². The summed E-state index contributed by atoms with van der Waals surface area (Å²) in [4.78, 5) is 20.4. The van der Waals surface area contributed by atoms with E-state index in [1.54, 1.807) is 0 Å². The molecule has 6 nitrogen and oxygen atoms in total. The van der Waals surface area contributed by atoms with Crippen LogP contribution in [0.25, 0.3) is 11.0 Å². The number of carbonyl (C=O) groups is 1. The fourth-order valence-electron chi connectivity index (χ4n) is 4.50. The SMILES string of the molecule is Cc1cc(C(=O)NCC2(CN3CCCCC3)CC2)c2c(C)nn(C(C)C)c2n1. The summed E-state index contributed by atoms with van der Waals surface area (Å²) in [5, 5.41) is 8.77. The Morgan fingerprint density at radius 2 is 1.93 bits per heavy atom. The zero-order valence-corrected chi connectivity index (χ0v) is 17.7. The molecule has 28 heavy (non-hydrogen) atoms. The molecule has 0 unspecified atom stereocenters. The zero-order valence-electron chi connectivity index (χ0n) is 17.7. The van der Waals surface area contributed by atoms with Crippen LogP contribution in [0.1, 0.15) is 73.7 Å². The summed E-state index contributed by atoms with van der Waals surface area (Å²) in [5.41, 5.74) is 3.53. The number of hydrogen-bond acceptors (Lipinski definition) is 4. The molecule has 3 heterocycles. The van der Waals surface area contributed by atoms with E-state index in [0.29, 0.717) is 5.56 Å². The highest BCUT2D eigenvalue weighted by Gasteiger charge is 2.44. The Bertz CT molecular complexity index is 875. The molecule has 6 heteroatoms. The van der Waals surface area contributed by atoms with E-state index in [-0.39, 0.29) is 17.4 Å². The minimum Gasteiger partial charge on any atom is -0.351 e. The van der Waals surface area contributed by atoms with Crippen LogP contribution in [0.3, 0.4) is 0 Å². The standard InChI is InChI=1S/C22H33N5O/c1-15(2)27-20-19(17(4)25-27)18(12-16(3)24-20)21(28)23-13-22(8-9-22)14-26-10-6-5-7-11-26/h12,15H,5-11,13-14H2,1-4H3,(H,23,28). The van der Waals surface area contributed by atoms with E-state index in [0.717, 1.165) is 35.5 Å². The highest BCUT2D eigenvalue weighted by molar-refractivity contribution is 6.06. The highest BCUT2D eigenvalue weighted by Crippen LogP contribution is 2.46. The molecule has 152 valence electrons. The van der Waals surface area contributed by atoms with Gasteiger partial charge in [0.2, 0.25) is 0 Å². The molecule has 1 N–H and O–H groups in total. The number of rotatable bonds is 6. The van der Waals surface area contributed by atoms with Crippen LogP contribution in [0, 0.1) is 19.3 Å². The van der Waals surface area contributed by atoms with Gasteiger partial charge in [-0.1, -0.05) is 6.42 Å². The van der Waals surface area contributed by atoms with Gasteiger partial charge in [-0.3, -0.25) is 4.79 Å². The lowest BCUT2D eigenvalue weighted by Crippen LogP contribution is -2.40. The lowest BCUT2D eigenvalue weighted by atomic mass is 10.0. The van der Waals surface area contributed by atoms with Crippen LogP contribution in [0.2, 0.25) is 0 Å². The molecule has 1 saturated heterocycles. The van der Waals surface area contributed by atoms with Crippen molar-refractivity contribution in [1.29, 1.82) is 0 Å². The van der Waals surface area contributed by atoms with Crippen molar-refractivity contribution in [1.82, 2.24) is 25.0 Å². The third-order valence-corrected chi connectivity index (χ3v) is 6.29. The number of fused-ring (bicyclic) bond motifs is 1.